The highest BCUT2D eigenvalue weighted by molar-refractivity contribution is 7.89. The van der Waals surface area contributed by atoms with E-state index in [9.17, 15) is 18.3 Å². The van der Waals surface area contributed by atoms with Crippen LogP contribution in [-0.4, -0.2) is 55.9 Å². The van der Waals surface area contributed by atoms with Gasteiger partial charge in [0.1, 0.15) is 0 Å². The second-order valence-electron chi connectivity index (χ2n) is 5.10. The molecule has 0 aliphatic heterocycles. The molecule has 0 spiro atoms. The van der Waals surface area contributed by atoms with Crippen LogP contribution in [0, 0.1) is 5.92 Å². The molecule has 0 heterocycles. The molecule has 1 saturated carbocycles. The normalized spacial score (nSPS) is 25.5. The fraction of sp³-hybridized carbons (Fsp3) is 0.917. The van der Waals surface area contributed by atoms with Crippen molar-refractivity contribution in [2.75, 3.05) is 20.7 Å². The first kappa shape index (κ1) is 16.4. The summed E-state index contributed by atoms with van der Waals surface area (Å²) in [6, 6.07) is 0. The molecule has 0 saturated heterocycles. The van der Waals surface area contributed by atoms with Crippen molar-refractivity contribution in [3.63, 3.8) is 0 Å². The molecular formula is C12H23NO5S. The van der Waals surface area contributed by atoms with Crippen molar-refractivity contribution in [1.82, 2.24) is 4.31 Å². The van der Waals surface area contributed by atoms with Crippen LogP contribution in [0.5, 0.6) is 0 Å². The largest absolute Gasteiger partial charge is 0.469 e. The van der Waals surface area contributed by atoms with E-state index in [0.29, 0.717) is 25.7 Å². The number of hydrogen-bond acceptors (Lipinski definition) is 5. The zero-order valence-electron chi connectivity index (χ0n) is 11.7. The van der Waals surface area contributed by atoms with Crippen LogP contribution < -0.4 is 0 Å². The van der Waals surface area contributed by atoms with E-state index in [4.69, 9.17) is 0 Å². The summed E-state index contributed by atoms with van der Waals surface area (Å²) in [5.74, 6) is -1.01. The number of hydrogen-bond donors (Lipinski definition) is 1. The van der Waals surface area contributed by atoms with Gasteiger partial charge in [-0.15, -0.1) is 0 Å². The Kier molecular flexibility index (Phi) is 5.76. The van der Waals surface area contributed by atoms with E-state index in [2.05, 4.69) is 4.74 Å². The fourth-order valence-corrected chi connectivity index (χ4v) is 4.38. The molecule has 0 aromatic carbocycles. The number of aliphatic hydroxyl groups excluding tert-OH is 1. The highest BCUT2D eigenvalue weighted by Crippen LogP contribution is 2.33. The average Bonchev–Trinajstić information content (AvgIpc) is 2.84. The lowest BCUT2D eigenvalue weighted by molar-refractivity contribution is -0.145. The Balaban J connectivity index is 2.78. The van der Waals surface area contributed by atoms with Crippen LogP contribution in [0.1, 0.15) is 32.6 Å². The Hall–Kier alpha value is -0.660. The molecule has 0 aromatic heterocycles. The van der Waals surface area contributed by atoms with Crippen molar-refractivity contribution in [3.05, 3.63) is 0 Å². The second-order valence-corrected chi connectivity index (χ2v) is 7.36. The van der Waals surface area contributed by atoms with Crippen LogP contribution in [0.4, 0.5) is 0 Å². The standard InChI is InChI=1S/C12H23NO5S/c1-9(14)7-8-13(2)19(16,17)11-6-4-5-10(11)12(15)18-3/h9-11,14H,4-8H2,1-3H3. The molecule has 19 heavy (non-hydrogen) atoms. The van der Waals surface area contributed by atoms with Crippen LogP contribution in [0.3, 0.4) is 0 Å². The summed E-state index contributed by atoms with van der Waals surface area (Å²) in [5, 5.41) is 8.52. The number of sulfonamides is 1. The van der Waals surface area contributed by atoms with Crippen molar-refractivity contribution >= 4 is 16.0 Å². The van der Waals surface area contributed by atoms with Crippen molar-refractivity contribution in [2.45, 2.75) is 44.0 Å². The molecule has 1 aliphatic rings. The minimum Gasteiger partial charge on any atom is -0.469 e. The maximum atomic E-state index is 12.4. The van der Waals surface area contributed by atoms with E-state index in [-0.39, 0.29) is 6.54 Å². The summed E-state index contributed by atoms with van der Waals surface area (Å²) in [4.78, 5) is 11.6. The predicted molar refractivity (Wildman–Crippen MR) is 71.0 cm³/mol. The van der Waals surface area contributed by atoms with Gasteiger partial charge >= 0.3 is 5.97 Å². The zero-order chi connectivity index (χ0) is 14.6. The Morgan fingerprint density at radius 1 is 1.47 bits per heavy atom. The molecule has 112 valence electrons. The smallest absolute Gasteiger partial charge is 0.310 e. The Morgan fingerprint density at radius 2 is 2.11 bits per heavy atom. The zero-order valence-corrected chi connectivity index (χ0v) is 12.5. The van der Waals surface area contributed by atoms with Gasteiger partial charge in [0.15, 0.2) is 0 Å². The molecule has 3 unspecified atom stereocenters. The van der Waals surface area contributed by atoms with Gasteiger partial charge in [0.2, 0.25) is 10.0 Å². The van der Waals surface area contributed by atoms with Crippen molar-refractivity contribution in [1.29, 1.82) is 0 Å². The lowest BCUT2D eigenvalue weighted by Crippen LogP contribution is -2.41. The summed E-state index contributed by atoms with van der Waals surface area (Å²) in [6.07, 6.45) is 1.60. The molecule has 3 atom stereocenters. The molecule has 0 amide bonds. The highest BCUT2D eigenvalue weighted by Gasteiger charge is 2.43. The first-order valence-electron chi connectivity index (χ1n) is 6.51. The summed E-state index contributed by atoms with van der Waals surface area (Å²) in [6.45, 7) is 1.87. The molecule has 0 radical (unpaired) electrons. The van der Waals surface area contributed by atoms with Gasteiger partial charge in [0, 0.05) is 13.6 Å². The molecule has 1 aliphatic carbocycles. The van der Waals surface area contributed by atoms with Crippen LogP contribution >= 0.6 is 0 Å². The quantitative estimate of drug-likeness (QED) is 0.715. The second kappa shape index (κ2) is 6.67. The SMILES string of the molecule is COC(=O)C1CCCC1S(=O)(=O)N(C)CCC(C)O. The Labute approximate surface area is 114 Å². The Morgan fingerprint density at radius 3 is 2.63 bits per heavy atom. The average molecular weight is 293 g/mol. The minimum atomic E-state index is -3.52. The third kappa shape index (κ3) is 3.90. The van der Waals surface area contributed by atoms with E-state index in [1.54, 1.807) is 6.92 Å². The molecule has 0 bridgehead atoms. The first-order chi connectivity index (χ1) is 8.80. The van der Waals surface area contributed by atoms with Gasteiger partial charge in [0.25, 0.3) is 0 Å². The number of ether oxygens (including phenoxy) is 1. The number of rotatable bonds is 6. The van der Waals surface area contributed by atoms with Crippen LogP contribution in [0.2, 0.25) is 0 Å². The lowest BCUT2D eigenvalue weighted by atomic mass is 10.1. The van der Waals surface area contributed by atoms with Crippen LogP contribution in [-0.2, 0) is 19.6 Å². The van der Waals surface area contributed by atoms with Crippen LogP contribution in [0.25, 0.3) is 0 Å². The predicted octanol–water partition coefficient (Wildman–Crippen LogP) is 0.361. The van der Waals surface area contributed by atoms with Gasteiger partial charge in [-0.3, -0.25) is 4.79 Å². The molecule has 1 rings (SSSR count). The van der Waals surface area contributed by atoms with Gasteiger partial charge in [-0.25, -0.2) is 12.7 Å². The number of methoxy groups -OCH3 is 1. The monoisotopic (exact) mass is 293 g/mol. The highest BCUT2D eigenvalue weighted by atomic mass is 32.2. The van der Waals surface area contributed by atoms with Gasteiger partial charge in [-0.05, 0) is 26.2 Å². The Bertz CT molecular complexity index is 406. The number of nitrogens with zero attached hydrogens (tertiary/aromatic N) is 1. The van der Waals surface area contributed by atoms with E-state index in [1.807, 2.05) is 0 Å². The van der Waals surface area contributed by atoms with E-state index in [0.717, 1.165) is 0 Å². The lowest BCUT2D eigenvalue weighted by Gasteiger charge is -2.25. The molecule has 1 N–H and O–H groups in total. The maximum Gasteiger partial charge on any atom is 0.310 e. The van der Waals surface area contributed by atoms with Crippen molar-refractivity contribution in [2.24, 2.45) is 5.92 Å². The molecular weight excluding hydrogens is 270 g/mol. The van der Waals surface area contributed by atoms with Crippen molar-refractivity contribution in [3.8, 4) is 0 Å². The number of carbonyl (C=O) groups is 1. The molecule has 0 aromatic rings. The third-order valence-corrected chi connectivity index (χ3v) is 6.02. The number of carbonyl (C=O) groups excluding carboxylic acids is 1. The first-order valence-corrected chi connectivity index (χ1v) is 8.02. The molecule has 7 heteroatoms. The summed E-state index contributed by atoms with van der Waals surface area (Å²) < 4.78 is 30.7. The molecule has 1 fully saturated rings. The molecule has 6 nitrogen and oxygen atoms in total. The topological polar surface area (TPSA) is 83.9 Å². The van der Waals surface area contributed by atoms with E-state index in [1.165, 1.54) is 18.5 Å². The van der Waals surface area contributed by atoms with Gasteiger partial charge in [-0.1, -0.05) is 6.42 Å². The van der Waals surface area contributed by atoms with Gasteiger partial charge in [0.05, 0.1) is 24.4 Å². The summed E-state index contributed by atoms with van der Waals surface area (Å²) in [5.41, 5.74) is 0. The van der Waals surface area contributed by atoms with Gasteiger partial charge < -0.3 is 9.84 Å². The summed E-state index contributed by atoms with van der Waals surface area (Å²) in [7, 11) is -0.748. The van der Waals surface area contributed by atoms with E-state index >= 15 is 0 Å². The third-order valence-electron chi connectivity index (χ3n) is 3.64. The minimum absolute atomic E-state index is 0.254. The van der Waals surface area contributed by atoms with Crippen molar-refractivity contribution < 1.29 is 23.1 Å². The summed E-state index contributed by atoms with van der Waals surface area (Å²) >= 11 is 0. The van der Waals surface area contributed by atoms with Crippen LogP contribution in [0.15, 0.2) is 0 Å². The van der Waals surface area contributed by atoms with E-state index < -0.39 is 33.3 Å². The van der Waals surface area contributed by atoms with Gasteiger partial charge in [-0.2, -0.15) is 0 Å². The fourth-order valence-electron chi connectivity index (χ4n) is 2.43. The maximum absolute atomic E-state index is 12.4. The number of aliphatic hydroxyl groups is 1. The number of esters is 1.